The van der Waals surface area contributed by atoms with Crippen LogP contribution in [0.2, 0.25) is 10.0 Å². The summed E-state index contributed by atoms with van der Waals surface area (Å²) in [4.78, 5) is 14.6. The highest BCUT2D eigenvalue weighted by Crippen LogP contribution is 2.33. The van der Waals surface area contributed by atoms with Crippen molar-refractivity contribution in [2.75, 3.05) is 13.4 Å². The fraction of sp³-hybridized carbons (Fsp3) is 0.250. The SMILES string of the molecule is CCOCOc1c(Cl)cc(Cl)cc1COc1ccc(C(=O)O)nc1. The molecule has 128 valence electrons. The molecular formula is C16H15Cl2NO5. The van der Waals surface area contributed by atoms with Crippen molar-refractivity contribution in [2.24, 2.45) is 0 Å². The van der Waals surface area contributed by atoms with Crippen LogP contribution in [0.4, 0.5) is 0 Å². The summed E-state index contributed by atoms with van der Waals surface area (Å²) in [6, 6.07) is 6.11. The van der Waals surface area contributed by atoms with Gasteiger partial charge in [-0.1, -0.05) is 23.2 Å². The molecule has 0 amide bonds. The summed E-state index contributed by atoms with van der Waals surface area (Å²) < 4.78 is 16.3. The van der Waals surface area contributed by atoms with Gasteiger partial charge in [0.05, 0.1) is 11.2 Å². The quantitative estimate of drug-likeness (QED) is 0.557. The minimum Gasteiger partial charge on any atom is -0.487 e. The van der Waals surface area contributed by atoms with Gasteiger partial charge in [-0.05, 0) is 31.2 Å². The fourth-order valence-corrected chi connectivity index (χ4v) is 2.41. The van der Waals surface area contributed by atoms with Gasteiger partial charge in [0.2, 0.25) is 0 Å². The molecule has 0 atom stereocenters. The van der Waals surface area contributed by atoms with Crippen LogP contribution in [-0.2, 0) is 11.3 Å². The van der Waals surface area contributed by atoms with Crippen LogP contribution in [-0.4, -0.2) is 29.5 Å². The van der Waals surface area contributed by atoms with E-state index in [0.717, 1.165) is 0 Å². The Bertz CT molecular complexity index is 706. The van der Waals surface area contributed by atoms with Crippen LogP contribution in [0.5, 0.6) is 11.5 Å². The normalized spacial score (nSPS) is 10.5. The Morgan fingerprint density at radius 1 is 1.25 bits per heavy atom. The van der Waals surface area contributed by atoms with E-state index in [1.807, 2.05) is 6.92 Å². The van der Waals surface area contributed by atoms with Crippen LogP contribution in [0.3, 0.4) is 0 Å². The molecule has 0 radical (unpaired) electrons. The maximum absolute atomic E-state index is 10.8. The van der Waals surface area contributed by atoms with Gasteiger partial charge in [-0.2, -0.15) is 0 Å². The summed E-state index contributed by atoms with van der Waals surface area (Å²) in [6.45, 7) is 2.54. The predicted molar refractivity (Wildman–Crippen MR) is 89.1 cm³/mol. The number of aromatic carboxylic acids is 1. The van der Waals surface area contributed by atoms with E-state index in [1.165, 1.54) is 18.3 Å². The Balaban J connectivity index is 2.11. The lowest BCUT2D eigenvalue weighted by molar-refractivity contribution is 0.0214. The molecule has 1 aromatic heterocycles. The lowest BCUT2D eigenvalue weighted by atomic mass is 10.2. The molecule has 1 N–H and O–H groups in total. The number of benzene rings is 1. The van der Waals surface area contributed by atoms with Crippen molar-refractivity contribution in [3.63, 3.8) is 0 Å². The lowest BCUT2D eigenvalue weighted by Crippen LogP contribution is -2.07. The Kier molecular flexibility index (Phi) is 6.66. The average molecular weight is 372 g/mol. The molecule has 8 heteroatoms. The smallest absolute Gasteiger partial charge is 0.354 e. The number of carboxylic acid groups (broad SMARTS) is 1. The van der Waals surface area contributed by atoms with E-state index in [9.17, 15) is 4.79 Å². The predicted octanol–water partition coefficient (Wildman–Crippen LogP) is 4.04. The molecule has 0 aliphatic heterocycles. The molecule has 24 heavy (non-hydrogen) atoms. The number of nitrogens with zero attached hydrogens (tertiary/aromatic N) is 1. The van der Waals surface area contributed by atoms with Gasteiger partial charge in [-0.25, -0.2) is 9.78 Å². The second-order valence-electron chi connectivity index (χ2n) is 4.60. The Hall–Kier alpha value is -2.02. The summed E-state index contributed by atoms with van der Waals surface area (Å²) in [5, 5.41) is 9.62. The number of carbonyl (C=O) groups is 1. The number of halogens is 2. The van der Waals surface area contributed by atoms with E-state index in [0.29, 0.717) is 33.7 Å². The molecule has 2 rings (SSSR count). The van der Waals surface area contributed by atoms with Crippen molar-refractivity contribution in [1.82, 2.24) is 4.98 Å². The molecule has 2 aromatic rings. The van der Waals surface area contributed by atoms with Crippen LogP contribution in [0.1, 0.15) is 23.0 Å². The Labute approximate surface area is 148 Å². The molecule has 0 aliphatic rings. The molecule has 0 fully saturated rings. The van der Waals surface area contributed by atoms with Crippen molar-refractivity contribution < 1.29 is 24.1 Å². The minimum atomic E-state index is -1.10. The maximum Gasteiger partial charge on any atom is 0.354 e. The van der Waals surface area contributed by atoms with E-state index in [2.05, 4.69) is 4.98 Å². The third-order valence-corrected chi connectivity index (χ3v) is 3.42. The molecule has 1 aromatic carbocycles. The van der Waals surface area contributed by atoms with Crippen LogP contribution in [0.25, 0.3) is 0 Å². The molecular weight excluding hydrogens is 357 g/mol. The van der Waals surface area contributed by atoms with Crippen LogP contribution >= 0.6 is 23.2 Å². The second-order valence-corrected chi connectivity index (χ2v) is 5.45. The second kappa shape index (κ2) is 8.73. The Morgan fingerprint density at radius 2 is 2.04 bits per heavy atom. The molecule has 0 spiro atoms. The molecule has 0 aliphatic carbocycles. The van der Waals surface area contributed by atoms with E-state index < -0.39 is 5.97 Å². The van der Waals surface area contributed by atoms with E-state index in [-0.39, 0.29) is 19.1 Å². The van der Waals surface area contributed by atoms with Crippen LogP contribution < -0.4 is 9.47 Å². The van der Waals surface area contributed by atoms with Gasteiger partial charge < -0.3 is 19.3 Å². The molecule has 0 bridgehead atoms. The molecule has 0 unspecified atom stereocenters. The van der Waals surface area contributed by atoms with Crippen molar-refractivity contribution in [3.8, 4) is 11.5 Å². The molecule has 0 saturated carbocycles. The highest BCUT2D eigenvalue weighted by atomic mass is 35.5. The highest BCUT2D eigenvalue weighted by Gasteiger charge is 2.12. The third-order valence-electron chi connectivity index (χ3n) is 2.93. The van der Waals surface area contributed by atoms with Gasteiger partial charge in [-0.15, -0.1) is 0 Å². The number of aromatic nitrogens is 1. The number of carboxylic acids is 1. The molecule has 1 heterocycles. The van der Waals surface area contributed by atoms with Crippen molar-refractivity contribution in [3.05, 3.63) is 51.8 Å². The van der Waals surface area contributed by atoms with Crippen LogP contribution in [0, 0.1) is 0 Å². The standard InChI is InChI=1S/C16H15Cl2NO5/c1-2-22-9-24-15-10(5-11(17)6-13(15)18)8-23-12-3-4-14(16(20)21)19-7-12/h3-7H,2,8-9H2,1H3,(H,20,21). The van der Waals surface area contributed by atoms with Gasteiger partial charge in [0, 0.05) is 17.2 Å². The molecule has 0 saturated heterocycles. The van der Waals surface area contributed by atoms with Crippen molar-refractivity contribution >= 4 is 29.2 Å². The van der Waals surface area contributed by atoms with Gasteiger partial charge >= 0.3 is 5.97 Å². The first kappa shape index (κ1) is 18.3. The van der Waals surface area contributed by atoms with Gasteiger partial charge in [0.15, 0.2) is 6.79 Å². The maximum atomic E-state index is 10.8. The van der Waals surface area contributed by atoms with Gasteiger partial charge in [0.25, 0.3) is 0 Å². The van der Waals surface area contributed by atoms with E-state index in [1.54, 1.807) is 12.1 Å². The third kappa shape index (κ3) is 4.99. The average Bonchev–Trinajstić information content (AvgIpc) is 2.55. The molecule has 6 nitrogen and oxygen atoms in total. The Morgan fingerprint density at radius 3 is 2.67 bits per heavy atom. The minimum absolute atomic E-state index is 0.0553. The summed E-state index contributed by atoms with van der Waals surface area (Å²) in [5.74, 6) is -0.272. The fourth-order valence-electron chi connectivity index (χ4n) is 1.82. The number of ether oxygens (including phenoxy) is 3. The van der Waals surface area contributed by atoms with Crippen molar-refractivity contribution in [1.29, 1.82) is 0 Å². The number of pyridine rings is 1. The summed E-state index contributed by atoms with van der Waals surface area (Å²) >= 11 is 12.2. The topological polar surface area (TPSA) is 77.9 Å². The number of rotatable bonds is 8. The first-order valence-corrected chi connectivity index (χ1v) is 7.77. The largest absolute Gasteiger partial charge is 0.487 e. The zero-order valence-electron chi connectivity index (χ0n) is 12.8. The summed E-state index contributed by atoms with van der Waals surface area (Å²) in [6.07, 6.45) is 1.33. The van der Waals surface area contributed by atoms with E-state index in [4.69, 9.17) is 42.5 Å². The monoisotopic (exact) mass is 371 g/mol. The van der Waals surface area contributed by atoms with E-state index >= 15 is 0 Å². The first-order valence-electron chi connectivity index (χ1n) is 7.02. The van der Waals surface area contributed by atoms with Crippen molar-refractivity contribution in [2.45, 2.75) is 13.5 Å². The van der Waals surface area contributed by atoms with Gasteiger partial charge in [0.1, 0.15) is 23.8 Å². The first-order chi connectivity index (χ1) is 11.5. The summed E-state index contributed by atoms with van der Waals surface area (Å²) in [7, 11) is 0. The lowest BCUT2D eigenvalue weighted by Gasteiger charge is -2.14. The zero-order valence-corrected chi connectivity index (χ0v) is 14.3. The zero-order chi connectivity index (χ0) is 17.5. The summed E-state index contributed by atoms with van der Waals surface area (Å²) in [5.41, 5.74) is 0.573. The highest BCUT2D eigenvalue weighted by molar-refractivity contribution is 6.35. The van der Waals surface area contributed by atoms with Gasteiger partial charge in [-0.3, -0.25) is 0 Å². The number of hydrogen-bond donors (Lipinski definition) is 1. The number of hydrogen-bond acceptors (Lipinski definition) is 5. The van der Waals surface area contributed by atoms with Crippen LogP contribution in [0.15, 0.2) is 30.5 Å².